The fraction of sp³-hybridized carbons (Fsp3) is 0.353. The predicted molar refractivity (Wildman–Crippen MR) is 82.3 cm³/mol. The molecule has 4 heteroatoms. The van der Waals surface area contributed by atoms with Gasteiger partial charge >= 0.3 is 0 Å². The molecule has 2 aromatic rings. The van der Waals surface area contributed by atoms with Crippen LogP contribution in [0.25, 0.3) is 10.8 Å². The third-order valence-corrected chi connectivity index (χ3v) is 3.21. The molecule has 0 saturated carbocycles. The van der Waals surface area contributed by atoms with Crippen LogP contribution in [0, 0.1) is 0 Å². The minimum absolute atomic E-state index is 0. The first-order valence-electron chi connectivity index (χ1n) is 6.90. The van der Waals surface area contributed by atoms with Crippen LogP contribution in [0.5, 0.6) is 5.75 Å². The van der Waals surface area contributed by atoms with Crippen molar-refractivity contribution >= 4 is 17.1 Å². The van der Waals surface area contributed by atoms with Gasteiger partial charge in [0.2, 0.25) is 0 Å². The van der Waals surface area contributed by atoms with Gasteiger partial charge in [-0.2, -0.15) is 0 Å². The van der Waals surface area contributed by atoms with Crippen molar-refractivity contribution < 1.29 is 38.0 Å². The number of hydrogen-bond acceptors (Lipinski definition) is 2. The molecular formula is C17H22INO2. The molecule has 21 heavy (non-hydrogen) atoms. The Bertz CT molecular complexity index is 605. The van der Waals surface area contributed by atoms with Crippen LogP contribution < -0.4 is 28.7 Å². The number of quaternary nitrogens is 1. The molecule has 0 bridgehead atoms. The lowest BCUT2D eigenvalue weighted by Gasteiger charge is -2.23. The van der Waals surface area contributed by atoms with Crippen LogP contribution in [-0.4, -0.2) is 45.1 Å². The number of ether oxygens (including phenoxy) is 1. The van der Waals surface area contributed by atoms with Gasteiger partial charge in [-0.05, 0) is 29.0 Å². The Labute approximate surface area is 143 Å². The van der Waals surface area contributed by atoms with Crippen molar-refractivity contribution in [3.8, 4) is 5.75 Å². The molecule has 0 aliphatic rings. The number of benzene rings is 2. The van der Waals surface area contributed by atoms with Gasteiger partial charge in [0.05, 0.1) is 34.3 Å². The van der Waals surface area contributed by atoms with Crippen LogP contribution >= 0.6 is 0 Å². The third-order valence-electron chi connectivity index (χ3n) is 3.21. The second-order valence-electron chi connectivity index (χ2n) is 6.10. The highest BCUT2D eigenvalue weighted by Gasteiger charge is 2.06. The minimum Gasteiger partial charge on any atom is -1.00 e. The summed E-state index contributed by atoms with van der Waals surface area (Å²) in [5, 5.41) is 2.16. The van der Waals surface area contributed by atoms with Crippen LogP contribution in [0.4, 0.5) is 0 Å². The summed E-state index contributed by atoms with van der Waals surface area (Å²) in [7, 11) is 6.54. The van der Waals surface area contributed by atoms with E-state index in [1.165, 1.54) is 0 Å². The van der Waals surface area contributed by atoms with E-state index in [-0.39, 0.29) is 24.0 Å². The van der Waals surface area contributed by atoms with Crippen LogP contribution in [0.2, 0.25) is 0 Å². The largest absolute Gasteiger partial charge is 1.00 e. The van der Waals surface area contributed by atoms with Crippen LogP contribution in [0.3, 0.4) is 0 Å². The molecule has 0 aromatic heterocycles. The molecule has 0 aliphatic carbocycles. The third kappa shape index (κ3) is 5.63. The molecule has 0 N–H and O–H groups in total. The average molecular weight is 399 g/mol. The van der Waals surface area contributed by atoms with Crippen molar-refractivity contribution in [2.75, 3.05) is 34.3 Å². The van der Waals surface area contributed by atoms with E-state index in [0.29, 0.717) is 5.56 Å². The number of nitrogens with zero attached hydrogens (tertiary/aromatic N) is 1. The molecule has 0 spiro atoms. The standard InChI is InChI=1S/C17H22NO2.HI/c1-18(2,3)9-4-10-20-17-8-7-15-11-14(13-19)5-6-16(15)12-17;/h5-8,11-13H,4,9-10H2,1-3H3;1H/q+1;/p-1. The van der Waals surface area contributed by atoms with E-state index in [1.807, 2.05) is 36.4 Å². The summed E-state index contributed by atoms with van der Waals surface area (Å²) >= 11 is 0. The summed E-state index contributed by atoms with van der Waals surface area (Å²) in [5.41, 5.74) is 0.703. The number of fused-ring (bicyclic) bond motifs is 1. The smallest absolute Gasteiger partial charge is 0.150 e. The van der Waals surface area contributed by atoms with Gasteiger partial charge in [0.15, 0.2) is 0 Å². The fourth-order valence-corrected chi connectivity index (χ4v) is 2.13. The van der Waals surface area contributed by atoms with Crippen molar-refractivity contribution in [1.29, 1.82) is 0 Å². The first kappa shape index (κ1) is 17.9. The van der Waals surface area contributed by atoms with Gasteiger partial charge in [0, 0.05) is 12.0 Å². The average Bonchev–Trinajstić information content (AvgIpc) is 2.42. The molecule has 0 heterocycles. The van der Waals surface area contributed by atoms with Gasteiger partial charge in [-0.3, -0.25) is 4.79 Å². The fourth-order valence-electron chi connectivity index (χ4n) is 2.13. The first-order chi connectivity index (χ1) is 9.48. The van der Waals surface area contributed by atoms with Crippen molar-refractivity contribution in [2.24, 2.45) is 0 Å². The zero-order chi connectivity index (χ0) is 14.6. The quantitative estimate of drug-likeness (QED) is 0.299. The Hall–Kier alpha value is -1.14. The summed E-state index contributed by atoms with van der Waals surface area (Å²) in [4.78, 5) is 10.7. The van der Waals surface area contributed by atoms with Crippen molar-refractivity contribution in [1.82, 2.24) is 0 Å². The topological polar surface area (TPSA) is 26.3 Å². The highest BCUT2D eigenvalue weighted by atomic mass is 127. The Morgan fingerprint density at radius 1 is 1.05 bits per heavy atom. The molecular weight excluding hydrogens is 377 g/mol. The van der Waals surface area contributed by atoms with Crippen molar-refractivity contribution in [3.63, 3.8) is 0 Å². The van der Waals surface area contributed by atoms with E-state index in [9.17, 15) is 4.79 Å². The Kier molecular flexibility index (Phi) is 6.61. The van der Waals surface area contributed by atoms with Gasteiger partial charge in [-0.1, -0.05) is 18.2 Å². The monoisotopic (exact) mass is 399 g/mol. The van der Waals surface area contributed by atoms with Gasteiger partial charge in [0.25, 0.3) is 0 Å². The SMILES string of the molecule is C[N+](C)(C)CCCOc1ccc2cc(C=O)ccc2c1.[I-]. The maximum atomic E-state index is 10.7. The first-order valence-corrected chi connectivity index (χ1v) is 6.90. The second kappa shape index (κ2) is 7.75. The minimum atomic E-state index is 0. The molecule has 0 radical (unpaired) electrons. The summed E-state index contributed by atoms with van der Waals surface area (Å²) in [6.45, 7) is 1.82. The molecule has 0 fully saturated rings. The van der Waals surface area contributed by atoms with Gasteiger partial charge in [-0.15, -0.1) is 0 Å². The van der Waals surface area contributed by atoms with Gasteiger partial charge in [-0.25, -0.2) is 0 Å². The van der Waals surface area contributed by atoms with Crippen LogP contribution in [0.15, 0.2) is 36.4 Å². The molecule has 2 rings (SSSR count). The van der Waals surface area contributed by atoms with E-state index >= 15 is 0 Å². The number of rotatable bonds is 6. The van der Waals surface area contributed by atoms with E-state index < -0.39 is 0 Å². The number of hydrogen-bond donors (Lipinski definition) is 0. The second-order valence-corrected chi connectivity index (χ2v) is 6.10. The molecule has 0 amide bonds. The molecule has 3 nitrogen and oxygen atoms in total. The molecule has 2 aromatic carbocycles. The van der Waals surface area contributed by atoms with Crippen LogP contribution in [-0.2, 0) is 0 Å². The van der Waals surface area contributed by atoms with E-state index in [4.69, 9.17) is 4.74 Å². The highest BCUT2D eigenvalue weighted by Crippen LogP contribution is 2.21. The zero-order valence-corrected chi connectivity index (χ0v) is 15.0. The number of halogens is 1. The number of aldehydes is 1. The highest BCUT2D eigenvalue weighted by molar-refractivity contribution is 5.89. The zero-order valence-electron chi connectivity index (χ0n) is 12.8. The van der Waals surface area contributed by atoms with E-state index in [2.05, 4.69) is 21.1 Å². The molecule has 0 aliphatic heterocycles. The van der Waals surface area contributed by atoms with Crippen molar-refractivity contribution in [2.45, 2.75) is 6.42 Å². The predicted octanol–water partition coefficient (Wildman–Crippen LogP) is 0.131. The lowest BCUT2D eigenvalue weighted by molar-refractivity contribution is -0.870. The summed E-state index contributed by atoms with van der Waals surface area (Å²) < 4.78 is 6.74. The van der Waals surface area contributed by atoms with Gasteiger partial charge < -0.3 is 33.2 Å². The summed E-state index contributed by atoms with van der Waals surface area (Å²) in [5.74, 6) is 0.887. The molecule has 0 atom stereocenters. The maximum absolute atomic E-state index is 10.7. The summed E-state index contributed by atoms with van der Waals surface area (Å²) in [6, 6.07) is 11.7. The van der Waals surface area contributed by atoms with Crippen LogP contribution in [0.1, 0.15) is 16.8 Å². The molecule has 0 unspecified atom stereocenters. The summed E-state index contributed by atoms with van der Waals surface area (Å²) in [6.07, 6.45) is 1.90. The normalized spacial score (nSPS) is 11.0. The van der Waals surface area contributed by atoms with Gasteiger partial charge in [0.1, 0.15) is 12.0 Å². The maximum Gasteiger partial charge on any atom is 0.150 e. The molecule has 114 valence electrons. The number of carbonyl (C=O) groups excluding carboxylic acids is 1. The van der Waals surface area contributed by atoms with E-state index in [0.717, 1.165) is 46.9 Å². The Balaban J connectivity index is 0.00000220. The Morgan fingerprint density at radius 2 is 1.71 bits per heavy atom. The lowest BCUT2D eigenvalue weighted by atomic mass is 10.1. The molecule has 0 saturated heterocycles. The number of carbonyl (C=O) groups is 1. The van der Waals surface area contributed by atoms with E-state index in [1.54, 1.807) is 0 Å². The Morgan fingerprint density at radius 3 is 2.38 bits per heavy atom. The lowest BCUT2D eigenvalue weighted by Crippen LogP contribution is -3.00. The van der Waals surface area contributed by atoms with Crippen molar-refractivity contribution in [3.05, 3.63) is 42.0 Å².